The van der Waals surface area contributed by atoms with E-state index in [1.807, 2.05) is 92.2 Å². The van der Waals surface area contributed by atoms with Crippen molar-refractivity contribution in [3.8, 4) is 5.75 Å². The highest BCUT2D eigenvalue weighted by Gasteiger charge is 2.17. The molecular formula is C30H31N3O3. The SMILES string of the molecule is CNC(=O)c1cccc(Cn2nc(C)c(CC(=O)c3ccc(COc4ccc(C)cc4)cc3)c2C)c1. The van der Waals surface area contributed by atoms with E-state index >= 15 is 0 Å². The monoisotopic (exact) mass is 481 g/mol. The van der Waals surface area contributed by atoms with Gasteiger partial charge in [-0.05, 0) is 56.2 Å². The first kappa shape index (κ1) is 24.9. The van der Waals surface area contributed by atoms with Gasteiger partial charge in [0.25, 0.3) is 5.91 Å². The molecule has 0 fully saturated rings. The van der Waals surface area contributed by atoms with Gasteiger partial charge in [-0.15, -0.1) is 0 Å². The van der Waals surface area contributed by atoms with Crippen LogP contribution in [0.5, 0.6) is 5.75 Å². The summed E-state index contributed by atoms with van der Waals surface area (Å²) in [6.07, 6.45) is 0.287. The minimum Gasteiger partial charge on any atom is -0.489 e. The van der Waals surface area contributed by atoms with E-state index in [2.05, 4.69) is 10.4 Å². The van der Waals surface area contributed by atoms with Crippen LogP contribution in [0.3, 0.4) is 0 Å². The highest BCUT2D eigenvalue weighted by atomic mass is 16.5. The average Bonchev–Trinajstić information content (AvgIpc) is 3.15. The molecule has 0 saturated carbocycles. The number of carbonyl (C=O) groups is 2. The van der Waals surface area contributed by atoms with Gasteiger partial charge in [-0.3, -0.25) is 14.3 Å². The molecule has 0 unspecified atom stereocenters. The van der Waals surface area contributed by atoms with Crippen LogP contribution < -0.4 is 10.1 Å². The average molecular weight is 482 g/mol. The summed E-state index contributed by atoms with van der Waals surface area (Å²) in [6, 6.07) is 23.0. The van der Waals surface area contributed by atoms with Gasteiger partial charge in [-0.25, -0.2) is 0 Å². The molecule has 0 saturated heterocycles. The molecule has 1 heterocycles. The van der Waals surface area contributed by atoms with Crippen molar-refractivity contribution in [2.45, 2.75) is 40.3 Å². The van der Waals surface area contributed by atoms with Crippen LogP contribution in [0.15, 0.2) is 72.8 Å². The van der Waals surface area contributed by atoms with E-state index in [9.17, 15) is 9.59 Å². The number of nitrogens with zero attached hydrogens (tertiary/aromatic N) is 2. The molecule has 1 amide bonds. The van der Waals surface area contributed by atoms with E-state index in [0.29, 0.717) is 24.3 Å². The molecule has 0 atom stereocenters. The number of hydrogen-bond acceptors (Lipinski definition) is 4. The molecule has 4 rings (SSSR count). The van der Waals surface area contributed by atoms with Gasteiger partial charge >= 0.3 is 0 Å². The summed E-state index contributed by atoms with van der Waals surface area (Å²) >= 11 is 0. The summed E-state index contributed by atoms with van der Waals surface area (Å²) < 4.78 is 7.73. The number of carbonyl (C=O) groups excluding carboxylic acids is 2. The predicted octanol–water partition coefficient (Wildman–Crippen LogP) is 5.22. The number of ketones is 1. The Bertz CT molecular complexity index is 1370. The van der Waals surface area contributed by atoms with Crippen molar-refractivity contribution < 1.29 is 14.3 Å². The molecule has 6 heteroatoms. The second-order valence-corrected chi connectivity index (χ2v) is 8.99. The van der Waals surface area contributed by atoms with Crippen molar-refractivity contribution in [3.63, 3.8) is 0 Å². The molecule has 6 nitrogen and oxygen atoms in total. The van der Waals surface area contributed by atoms with Crippen molar-refractivity contribution in [2.24, 2.45) is 0 Å². The molecule has 0 aliphatic heterocycles. The lowest BCUT2D eigenvalue weighted by Gasteiger charge is -2.08. The Labute approximate surface area is 211 Å². The fourth-order valence-corrected chi connectivity index (χ4v) is 4.12. The predicted molar refractivity (Wildman–Crippen MR) is 141 cm³/mol. The normalized spacial score (nSPS) is 10.8. The smallest absolute Gasteiger partial charge is 0.251 e. The molecule has 0 aliphatic rings. The molecule has 0 aliphatic carbocycles. The maximum atomic E-state index is 13.0. The number of aromatic nitrogens is 2. The Balaban J connectivity index is 1.41. The van der Waals surface area contributed by atoms with Gasteiger partial charge in [0.1, 0.15) is 12.4 Å². The molecule has 184 valence electrons. The third kappa shape index (κ3) is 5.89. The molecule has 0 spiro atoms. The molecule has 3 aromatic carbocycles. The van der Waals surface area contributed by atoms with Gasteiger partial charge < -0.3 is 10.1 Å². The summed E-state index contributed by atoms with van der Waals surface area (Å²) in [7, 11) is 1.62. The molecule has 36 heavy (non-hydrogen) atoms. The first-order chi connectivity index (χ1) is 17.3. The molecule has 1 N–H and O–H groups in total. The van der Waals surface area contributed by atoms with Gasteiger partial charge in [-0.1, -0.05) is 54.1 Å². The van der Waals surface area contributed by atoms with Crippen LogP contribution in [-0.4, -0.2) is 28.5 Å². The number of aryl methyl sites for hydroxylation is 2. The number of rotatable bonds is 9. The van der Waals surface area contributed by atoms with Crippen LogP contribution in [0.4, 0.5) is 0 Å². The highest BCUT2D eigenvalue weighted by Crippen LogP contribution is 2.19. The first-order valence-electron chi connectivity index (χ1n) is 12.0. The molecule has 0 radical (unpaired) electrons. The second kappa shape index (κ2) is 11.0. The second-order valence-electron chi connectivity index (χ2n) is 8.99. The topological polar surface area (TPSA) is 73.2 Å². The third-order valence-corrected chi connectivity index (χ3v) is 6.32. The Kier molecular flexibility index (Phi) is 7.64. The fraction of sp³-hybridized carbons (Fsp3) is 0.233. The Morgan fingerprint density at radius 3 is 2.31 bits per heavy atom. The highest BCUT2D eigenvalue weighted by molar-refractivity contribution is 5.97. The maximum Gasteiger partial charge on any atom is 0.251 e. The van der Waals surface area contributed by atoms with Gasteiger partial charge in [0.05, 0.1) is 12.2 Å². The summed E-state index contributed by atoms with van der Waals surface area (Å²) in [6.45, 7) is 6.93. The fourth-order valence-electron chi connectivity index (χ4n) is 4.12. The zero-order valence-corrected chi connectivity index (χ0v) is 21.2. The lowest BCUT2D eigenvalue weighted by molar-refractivity contribution is 0.0961. The van der Waals surface area contributed by atoms with E-state index in [1.54, 1.807) is 13.1 Å². The van der Waals surface area contributed by atoms with E-state index < -0.39 is 0 Å². The van der Waals surface area contributed by atoms with Crippen LogP contribution in [-0.2, 0) is 19.6 Å². The largest absolute Gasteiger partial charge is 0.489 e. The Hall–Kier alpha value is -4.19. The van der Waals surface area contributed by atoms with E-state index in [1.165, 1.54) is 5.56 Å². The number of ether oxygens (including phenoxy) is 1. The Morgan fingerprint density at radius 1 is 0.889 bits per heavy atom. The zero-order chi connectivity index (χ0) is 25.7. The van der Waals surface area contributed by atoms with E-state index in [0.717, 1.165) is 33.8 Å². The summed E-state index contributed by atoms with van der Waals surface area (Å²) in [5.74, 6) is 0.752. The zero-order valence-electron chi connectivity index (χ0n) is 21.2. The lowest BCUT2D eigenvalue weighted by atomic mass is 10.0. The number of Topliss-reactive ketones (excluding diaryl/α,β-unsaturated/α-hetero) is 1. The van der Waals surface area contributed by atoms with Crippen LogP contribution >= 0.6 is 0 Å². The van der Waals surface area contributed by atoms with Crippen molar-refractivity contribution in [2.75, 3.05) is 7.05 Å². The van der Waals surface area contributed by atoms with Crippen molar-refractivity contribution in [3.05, 3.63) is 118 Å². The van der Waals surface area contributed by atoms with E-state index in [-0.39, 0.29) is 18.1 Å². The van der Waals surface area contributed by atoms with Crippen LogP contribution in [0.25, 0.3) is 0 Å². The maximum absolute atomic E-state index is 13.0. The molecule has 1 aromatic heterocycles. The van der Waals surface area contributed by atoms with Gasteiger partial charge in [-0.2, -0.15) is 5.10 Å². The minimum atomic E-state index is -0.121. The third-order valence-electron chi connectivity index (χ3n) is 6.32. The van der Waals surface area contributed by atoms with Crippen molar-refractivity contribution in [1.82, 2.24) is 15.1 Å². The summed E-state index contributed by atoms with van der Waals surface area (Å²) in [4.78, 5) is 25.0. The van der Waals surface area contributed by atoms with Crippen LogP contribution in [0.2, 0.25) is 0 Å². The van der Waals surface area contributed by atoms with Gasteiger partial charge in [0.15, 0.2) is 5.78 Å². The number of hydrogen-bond donors (Lipinski definition) is 1. The molecule has 0 bridgehead atoms. The number of amides is 1. The summed E-state index contributed by atoms with van der Waals surface area (Å²) in [5.41, 5.74) is 7.18. The van der Waals surface area contributed by atoms with E-state index in [4.69, 9.17) is 4.74 Å². The van der Waals surface area contributed by atoms with Gasteiger partial charge in [0, 0.05) is 35.9 Å². The molecular weight excluding hydrogens is 450 g/mol. The quantitative estimate of drug-likeness (QED) is 0.333. The first-order valence-corrected chi connectivity index (χ1v) is 12.0. The minimum absolute atomic E-state index is 0.0494. The Morgan fingerprint density at radius 2 is 1.61 bits per heavy atom. The van der Waals surface area contributed by atoms with Crippen LogP contribution in [0, 0.1) is 20.8 Å². The van der Waals surface area contributed by atoms with Gasteiger partial charge in [0.2, 0.25) is 0 Å². The van der Waals surface area contributed by atoms with Crippen molar-refractivity contribution >= 4 is 11.7 Å². The lowest BCUT2D eigenvalue weighted by Crippen LogP contribution is -2.18. The van der Waals surface area contributed by atoms with Crippen LogP contribution in [0.1, 0.15) is 54.4 Å². The number of benzene rings is 3. The summed E-state index contributed by atoms with van der Waals surface area (Å²) in [5, 5.41) is 7.31. The standard InChI is InChI=1S/C30H31N3O3/c1-20-8-14-27(15-9-20)36-19-23-10-12-25(13-11-23)29(34)17-28-21(2)32-33(22(28)3)18-24-6-5-7-26(16-24)30(35)31-4/h5-16H,17-19H2,1-4H3,(H,31,35). The van der Waals surface area contributed by atoms with Crippen molar-refractivity contribution in [1.29, 1.82) is 0 Å². The molecule has 4 aromatic rings. The number of nitrogens with one attached hydrogen (secondary N) is 1.